The normalized spacial score (nSPS) is 23.5. The van der Waals surface area contributed by atoms with Crippen LogP contribution in [0.5, 0.6) is 0 Å². The Labute approximate surface area is 112 Å². The molecule has 1 aliphatic rings. The number of carbonyl (C=O) groups excluding carboxylic acids is 1. The number of ether oxygens (including phenoxy) is 2. The highest BCUT2D eigenvalue weighted by atomic mass is 19.1. The zero-order valence-electron chi connectivity index (χ0n) is 11.3. The summed E-state index contributed by atoms with van der Waals surface area (Å²) < 4.78 is 23.4. The molecule has 0 amide bonds. The third-order valence-electron chi connectivity index (χ3n) is 3.55. The Morgan fingerprint density at radius 1 is 1.42 bits per heavy atom. The number of hydrogen-bond acceptors (Lipinski definition) is 3. The fourth-order valence-electron chi connectivity index (χ4n) is 2.61. The van der Waals surface area contributed by atoms with Gasteiger partial charge in [-0.15, -0.1) is 0 Å². The predicted molar refractivity (Wildman–Crippen MR) is 69.9 cm³/mol. The smallest absolute Gasteiger partial charge is 0.309 e. The molecule has 0 N–H and O–H groups in total. The molecule has 0 spiro atoms. The van der Waals surface area contributed by atoms with E-state index in [1.165, 1.54) is 19.2 Å². The van der Waals surface area contributed by atoms with E-state index in [0.29, 0.717) is 0 Å². The molecule has 0 aliphatic heterocycles. The summed E-state index contributed by atoms with van der Waals surface area (Å²) in [6.07, 6.45) is 1.88. The van der Waals surface area contributed by atoms with Crippen LogP contribution in [0, 0.1) is 11.7 Å². The van der Waals surface area contributed by atoms with Crippen LogP contribution < -0.4 is 0 Å². The van der Waals surface area contributed by atoms with Crippen LogP contribution >= 0.6 is 0 Å². The number of esters is 1. The molecule has 0 saturated carbocycles. The van der Waals surface area contributed by atoms with Crippen molar-refractivity contribution in [3.05, 3.63) is 41.2 Å². The minimum atomic E-state index is -0.288. The van der Waals surface area contributed by atoms with E-state index in [-0.39, 0.29) is 30.2 Å². The molecule has 0 aromatic heterocycles. The third-order valence-corrected chi connectivity index (χ3v) is 3.55. The van der Waals surface area contributed by atoms with Gasteiger partial charge < -0.3 is 9.47 Å². The Balaban J connectivity index is 2.39. The molecule has 102 valence electrons. The summed E-state index contributed by atoms with van der Waals surface area (Å²) in [4.78, 5) is 11.2. The number of benzene rings is 1. The van der Waals surface area contributed by atoms with Crippen molar-refractivity contribution in [2.24, 2.45) is 5.92 Å². The first-order chi connectivity index (χ1) is 9.08. The van der Waals surface area contributed by atoms with Crippen LogP contribution in [0.2, 0.25) is 0 Å². The summed E-state index contributed by atoms with van der Waals surface area (Å²) >= 11 is 0. The molecule has 2 atom stereocenters. The highest BCUT2D eigenvalue weighted by Crippen LogP contribution is 2.46. The van der Waals surface area contributed by atoms with E-state index >= 15 is 0 Å². The number of carbonyl (C=O) groups is 1. The highest BCUT2D eigenvalue weighted by Gasteiger charge is 2.33. The number of methoxy groups -OCH3 is 2. The van der Waals surface area contributed by atoms with Gasteiger partial charge in [0.15, 0.2) is 0 Å². The lowest BCUT2D eigenvalue weighted by molar-refractivity contribution is -0.139. The quantitative estimate of drug-likeness (QED) is 0.787. The molecule has 3 nitrogen and oxygen atoms in total. The Bertz CT molecular complexity index is 522. The third kappa shape index (κ3) is 2.54. The minimum absolute atomic E-state index is 0.0893. The molecule has 1 aromatic rings. The lowest BCUT2D eigenvalue weighted by atomic mass is 9.99. The number of hydrogen-bond donors (Lipinski definition) is 0. The Kier molecular flexibility index (Phi) is 4.00. The van der Waals surface area contributed by atoms with Crippen molar-refractivity contribution in [3.63, 3.8) is 0 Å². The number of fused-ring (bicyclic) bond motifs is 1. The molecule has 0 fully saturated rings. The molecule has 2 rings (SSSR count). The van der Waals surface area contributed by atoms with Gasteiger partial charge >= 0.3 is 5.97 Å². The van der Waals surface area contributed by atoms with Crippen molar-refractivity contribution in [2.45, 2.75) is 19.4 Å². The van der Waals surface area contributed by atoms with E-state index in [4.69, 9.17) is 4.74 Å². The van der Waals surface area contributed by atoms with Gasteiger partial charge in [0.1, 0.15) is 5.82 Å². The summed E-state index contributed by atoms with van der Waals surface area (Å²) in [5.41, 5.74) is 2.79. The summed E-state index contributed by atoms with van der Waals surface area (Å²) in [5.74, 6) is -0.474. The zero-order chi connectivity index (χ0) is 14.0. The molecular formula is C15H17FO3. The highest BCUT2D eigenvalue weighted by molar-refractivity contribution is 5.79. The monoisotopic (exact) mass is 264 g/mol. The van der Waals surface area contributed by atoms with E-state index in [1.54, 1.807) is 13.2 Å². The second-order valence-corrected chi connectivity index (χ2v) is 4.62. The first-order valence-corrected chi connectivity index (χ1v) is 6.18. The fourth-order valence-corrected chi connectivity index (χ4v) is 2.61. The van der Waals surface area contributed by atoms with Crippen molar-refractivity contribution in [2.75, 3.05) is 14.2 Å². The first kappa shape index (κ1) is 13.7. The van der Waals surface area contributed by atoms with Crippen LogP contribution in [0.15, 0.2) is 24.3 Å². The van der Waals surface area contributed by atoms with Gasteiger partial charge in [0.25, 0.3) is 0 Å². The average molecular weight is 264 g/mol. The molecular weight excluding hydrogens is 247 g/mol. The lowest BCUT2D eigenvalue weighted by Gasteiger charge is -2.15. The lowest BCUT2D eigenvalue weighted by Crippen LogP contribution is -2.05. The van der Waals surface area contributed by atoms with Gasteiger partial charge in [-0.3, -0.25) is 4.79 Å². The van der Waals surface area contributed by atoms with Crippen LogP contribution in [-0.4, -0.2) is 20.2 Å². The molecule has 4 heteroatoms. The van der Waals surface area contributed by atoms with Crippen LogP contribution in [-0.2, 0) is 14.3 Å². The minimum Gasteiger partial charge on any atom is -0.469 e. The zero-order valence-corrected chi connectivity index (χ0v) is 11.3. The topological polar surface area (TPSA) is 35.5 Å². The second-order valence-electron chi connectivity index (χ2n) is 4.62. The summed E-state index contributed by atoms with van der Waals surface area (Å²) in [6.45, 7) is 2.01. The standard InChI is InChI=1S/C15H17FO3/c1-9-11(6-7-14(17)18-2)12-5-4-10(16)8-13(12)15(9)19-3/h4-6,8-9,15H,7H2,1-3H3/b11-6+/t9-,15+/m1/s1. The second kappa shape index (κ2) is 5.53. The maximum atomic E-state index is 13.3. The molecule has 1 aromatic carbocycles. The molecule has 0 radical (unpaired) electrons. The van der Waals surface area contributed by atoms with Gasteiger partial charge in [0.05, 0.1) is 19.6 Å². The fraction of sp³-hybridized carbons (Fsp3) is 0.400. The van der Waals surface area contributed by atoms with E-state index in [0.717, 1.165) is 16.7 Å². The Morgan fingerprint density at radius 3 is 2.79 bits per heavy atom. The number of halogens is 1. The van der Waals surface area contributed by atoms with Crippen LogP contribution in [0.4, 0.5) is 4.39 Å². The maximum absolute atomic E-state index is 13.3. The number of rotatable bonds is 3. The van der Waals surface area contributed by atoms with Crippen molar-refractivity contribution >= 4 is 11.5 Å². The van der Waals surface area contributed by atoms with E-state index < -0.39 is 0 Å². The van der Waals surface area contributed by atoms with Crippen molar-refractivity contribution in [3.8, 4) is 0 Å². The van der Waals surface area contributed by atoms with Gasteiger partial charge in [-0.05, 0) is 28.8 Å². The SMILES string of the molecule is COC(=O)C/C=C1/c2ccc(F)cc2[C@@H](OC)[C@@H]1C. The Morgan fingerprint density at radius 2 is 2.16 bits per heavy atom. The van der Waals surface area contributed by atoms with Gasteiger partial charge in [0.2, 0.25) is 0 Å². The summed E-state index contributed by atoms with van der Waals surface area (Å²) in [7, 11) is 2.97. The molecule has 0 saturated heterocycles. The summed E-state index contributed by atoms with van der Waals surface area (Å²) in [6, 6.07) is 4.66. The molecule has 0 heterocycles. The predicted octanol–water partition coefficient (Wildman–Crippen LogP) is 3.11. The average Bonchev–Trinajstić information content (AvgIpc) is 2.66. The van der Waals surface area contributed by atoms with Crippen molar-refractivity contribution in [1.82, 2.24) is 0 Å². The largest absolute Gasteiger partial charge is 0.469 e. The van der Waals surface area contributed by atoms with Gasteiger partial charge in [-0.25, -0.2) is 4.39 Å². The molecule has 19 heavy (non-hydrogen) atoms. The van der Waals surface area contributed by atoms with Gasteiger partial charge in [-0.1, -0.05) is 19.1 Å². The van der Waals surface area contributed by atoms with Crippen LogP contribution in [0.1, 0.15) is 30.6 Å². The van der Waals surface area contributed by atoms with Crippen LogP contribution in [0.3, 0.4) is 0 Å². The molecule has 0 unspecified atom stereocenters. The van der Waals surface area contributed by atoms with Gasteiger partial charge in [0, 0.05) is 13.0 Å². The molecule has 1 aliphatic carbocycles. The van der Waals surface area contributed by atoms with Crippen LogP contribution in [0.25, 0.3) is 5.57 Å². The van der Waals surface area contributed by atoms with E-state index in [9.17, 15) is 9.18 Å². The first-order valence-electron chi connectivity index (χ1n) is 6.18. The van der Waals surface area contributed by atoms with Crippen molar-refractivity contribution in [1.29, 1.82) is 0 Å². The summed E-state index contributed by atoms with van der Waals surface area (Å²) in [5, 5.41) is 0. The van der Waals surface area contributed by atoms with E-state index in [2.05, 4.69) is 4.74 Å². The Hall–Kier alpha value is -1.68. The molecule has 0 bridgehead atoms. The van der Waals surface area contributed by atoms with Gasteiger partial charge in [-0.2, -0.15) is 0 Å². The van der Waals surface area contributed by atoms with Crippen molar-refractivity contribution < 1.29 is 18.7 Å². The van der Waals surface area contributed by atoms with E-state index in [1.807, 2.05) is 13.0 Å². The maximum Gasteiger partial charge on any atom is 0.309 e.